The van der Waals surface area contributed by atoms with Crippen LogP contribution in [0.5, 0.6) is 0 Å². The second kappa shape index (κ2) is 7.45. The highest BCUT2D eigenvalue weighted by atomic mass is 16.6. The van der Waals surface area contributed by atoms with Crippen molar-refractivity contribution in [3.05, 3.63) is 29.6 Å². The third kappa shape index (κ3) is 4.46. The monoisotopic (exact) mass is 386 g/mol. The van der Waals surface area contributed by atoms with Crippen LogP contribution in [0.15, 0.2) is 18.2 Å². The highest BCUT2D eigenvalue weighted by Gasteiger charge is 2.36. The molecule has 0 spiro atoms. The van der Waals surface area contributed by atoms with Crippen molar-refractivity contribution in [2.24, 2.45) is 7.05 Å². The van der Waals surface area contributed by atoms with Gasteiger partial charge in [0.25, 0.3) is 5.91 Å². The van der Waals surface area contributed by atoms with Crippen LogP contribution in [-0.4, -0.2) is 39.2 Å². The Labute approximate surface area is 165 Å². The lowest BCUT2D eigenvalue weighted by Gasteiger charge is -2.31. The van der Waals surface area contributed by atoms with Crippen molar-refractivity contribution in [1.82, 2.24) is 20.2 Å². The van der Waals surface area contributed by atoms with Crippen LogP contribution in [-0.2, 0) is 11.8 Å². The fraction of sp³-hybridized carbons (Fsp3) is 0.571. The predicted octanol–water partition coefficient (Wildman–Crippen LogP) is 3.45. The van der Waals surface area contributed by atoms with Crippen molar-refractivity contribution in [2.45, 2.75) is 64.5 Å². The van der Waals surface area contributed by atoms with Gasteiger partial charge < -0.3 is 19.9 Å². The number of carbonyl (C=O) groups is 2. The van der Waals surface area contributed by atoms with Gasteiger partial charge in [0.2, 0.25) is 0 Å². The number of hydrogen-bond acceptors (Lipinski definition) is 4. The van der Waals surface area contributed by atoms with Crippen LogP contribution < -0.4 is 10.6 Å². The maximum atomic E-state index is 12.9. The van der Waals surface area contributed by atoms with E-state index in [1.807, 2.05) is 57.5 Å². The normalized spacial score (nSPS) is 16.2. The van der Waals surface area contributed by atoms with E-state index >= 15 is 0 Å². The maximum absolute atomic E-state index is 12.9. The summed E-state index contributed by atoms with van der Waals surface area (Å²) in [6.45, 7) is 7.79. The van der Waals surface area contributed by atoms with Gasteiger partial charge in [-0.15, -0.1) is 0 Å². The summed E-state index contributed by atoms with van der Waals surface area (Å²) >= 11 is 0. The molecule has 0 saturated heterocycles. The molecule has 152 valence electrons. The molecule has 2 N–H and O–H groups in total. The van der Waals surface area contributed by atoms with Crippen LogP contribution in [0.4, 0.5) is 4.79 Å². The van der Waals surface area contributed by atoms with E-state index in [1.54, 1.807) is 0 Å². The first-order chi connectivity index (χ1) is 13.1. The molecule has 1 saturated carbocycles. The molecule has 0 bridgehead atoms. The summed E-state index contributed by atoms with van der Waals surface area (Å²) < 4.78 is 7.32. The van der Waals surface area contributed by atoms with Gasteiger partial charge in [-0.05, 0) is 58.7 Å². The Kier molecular flexibility index (Phi) is 5.37. The molecule has 1 aromatic heterocycles. The largest absolute Gasteiger partial charge is 0.444 e. The van der Waals surface area contributed by atoms with Crippen molar-refractivity contribution >= 4 is 23.0 Å². The van der Waals surface area contributed by atoms with Crippen molar-refractivity contribution in [3.63, 3.8) is 0 Å². The zero-order valence-electron chi connectivity index (χ0n) is 17.4. The second-order valence-electron chi connectivity index (χ2n) is 8.72. The van der Waals surface area contributed by atoms with Crippen LogP contribution in [0, 0.1) is 6.92 Å². The van der Waals surface area contributed by atoms with Crippen molar-refractivity contribution < 1.29 is 14.3 Å². The van der Waals surface area contributed by atoms with Gasteiger partial charge in [-0.1, -0.05) is 12.8 Å². The Hall–Kier alpha value is -2.57. The number of alkyl carbamates (subject to hydrolysis) is 1. The van der Waals surface area contributed by atoms with Gasteiger partial charge in [-0.2, -0.15) is 0 Å². The van der Waals surface area contributed by atoms with Gasteiger partial charge in [-0.3, -0.25) is 4.79 Å². The smallest absolute Gasteiger partial charge is 0.407 e. The molecule has 0 radical (unpaired) electrons. The molecule has 2 aromatic rings. The maximum Gasteiger partial charge on any atom is 0.407 e. The molecule has 1 aromatic carbocycles. The third-order valence-electron chi connectivity index (χ3n) is 5.28. The van der Waals surface area contributed by atoms with E-state index in [-0.39, 0.29) is 5.91 Å². The summed E-state index contributed by atoms with van der Waals surface area (Å²) in [6.07, 6.45) is 3.25. The first-order valence-electron chi connectivity index (χ1n) is 9.81. The van der Waals surface area contributed by atoms with Gasteiger partial charge in [0.1, 0.15) is 11.4 Å². The zero-order valence-corrected chi connectivity index (χ0v) is 17.4. The topological polar surface area (TPSA) is 85.2 Å². The van der Waals surface area contributed by atoms with Gasteiger partial charge in [-0.25, -0.2) is 9.78 Å². The number of amides is 2. The molecule has 0 aliphatic heterocycles. The fourth-order valence-corrected chi connectivity index (χ4v) is 3.73. The van der Waals surface area contributed by atoms with Gasteiger partial charge in [0, 0.05) is 19.2 Å². The number of fused-ring (bicyclic) bond motifs is 1. The predicted molar refractivity (Wildman–Crippen MR) is 108 cm³/mol. The number of imidazole rings is 1. The number of nitrogens with zero attached hydrogens (tertiary/aromatic N) is 2. The molecule has 7 heteroatoms. The lowest BCUT2D eigenvalue weighted by atomic mass is 9.96. The number of ether oxygens (including phenoxy) is 1. The summed E-state index contributed by atoms with van der Waals surface area (Å²) in [5, 5.41) is 6.00. The number of hydrogen-bond donors (Lipinski definition) is 2. The lowest BCUT2D eigenvalue weighted by Crippen LogP contribution is -2.54. The van der Waals surface area contributed by atoms with Gasteiger partial charge >= 0.3 is 6.09 Å². The highest BCUT2D eigenvalue weighted by Crippen LogP contribution is 2.30. The third-order valence-corrected chi connectivity index (χ3v) is 5.28. The standard InChI is InChI=1S/C21H30N4O3/c1-14-23-16-12-15(8-9-17(16)25(14)5)18(26)24-21(10-6-7-11-21)13-22-19(27)28-20(2,3)4/h8-9,12H,6-7,10-11,13H2,1-5H3,(H,22,27)(H,24,26). The van der Waals surface area contributed by atoms with Crippen molar-refractivity contribution in [1.29, 1.82) is 0 Å². The van der Waals surface area contributed by atoms with E-state index in [0.29, 0.717) is 12.1 Å². The van der Waals surface area contributed by atoms with E-state index in [4.69, 9.17) is 4.74 Å². The van der Waals surface area contributed by atoms with E-state index in [0.717, 1.165) is 42.5 Å². The average Bonchev–Trinajstić information content (AvgIpc) is 3.17. The average molecular weight is 386 g/mol. The minimum atomic E-state index is -0.549. The molecule has 1 heterocycles. The van der Waals surface area contributed by atoms with Gasteiger partial charge in [0.05, 0.1) is 16.6 Å². The number of nitrogens with one attached hydrogen (secondary N) is 2. The first-order valence-corrected chi connectivity index (χ1v) is 9.81. The molecule has 28 heavy (non-hydrogen) atoms. The molecule has 0 unspecified atom stereocenters. The van der Waals surface area contributed by atoms with Crippen LogP contribution in [0.3, 0.4) is 0 Å². The van der Waals surface area contributed by atoms with Crippen LogP contribution in [0.1, 0.15) is 62.6 Å². The van der Waals surface area contributed by atoms with Gasteiger partial charge in [0.15, 0.2) is 0 Å². The number of aromatic nitrogens is 2. The lowest BCUT2D eigenvalue weighted by molar-refractivity contribution is 0.0505. The summed E-state index contributed by atoms with van der Waals surface area (Å²) in [5.74, 6) is 0.763. The molecule has 7 nitrogen and oxygen atoms in total. The molecular weight excluding hydrogens is 356 g/mol. The minimum Gasteiger partial charge on any atom is -0.444 e. The Balaban J connectivity index is 1.71. The van der Waals surface area contributed by atoms with Crippen LogP contribution in [0.2, 0.25) is 0 Å². The Morgan fingerprint density at radius 2 is 1.93 bits per heavy atom. The summed E-state index contributed by atoms with van der Waals surface area (Å²) in [5.41, 5.74) is 1.39. The fourth-order valence-electron chi connectivity index (χ4n) is 3.73. The van der Waals surface area contributed by atoms with Crippen molar-refractivity contribution in [3.8, 4) is 0 Å². The number of carbonyl (C=O) groups excluding carboxylic acids is 2. The summed E-state index contributed by atoms with van der Waals surface area (Å²) in [7, 11) is 1.96. The van der Waals surface area contributed by atoms with E-state index in [1.165, 1.54) is 0 Å². The van der Waals surface area contributed by atoms with Crippen molar-refractivity contribution in [2.75, 3.05) is 6.54 Å². The number of aryl methyl sites for hydroxylation is 2. The van der Waals surface area contributed by atoms with E-state index in [2.05, 4.69) is 15.6 Å². The Morgan fingerprint density at radius 3 is 2.57 bits per heavy atom. The highest BCUT2D eigenvalue weighted by molar-refractivity contribution is 5.98. The Bertz CT molecular complexity index is 889. The molecule has 1 aliphatic carbocycles. The summed E-state index contributed by atoms with van der Waals surface area (Å²) in [4.78, 5) is 29.5. The quantitative estimate of drug-likeness (QED) is 0.843. The summed E-state index contributed by atoms with van der Waals surface area (Å²) in [6, 6.07) is 5.56. The Morgan fingerprint density at radius 1 is 1.25 bits per heavy atom. The molecule has 2 amide bonds. The molecule has 1 aliphatic rings. The zero-order chi connectivity index (χ0) is 20.5. The molecule has 3 rings (SSSR count). The second-order valence-corrected chi connectivity index (χ2v) is 8.72. The minimum absolute atomic E-state index is 0.141. The number of rotatable bonds is 4. The molecule has 1 fully saturated rings. The first kappa shape index (κ1) is 20.2. The van der Waals surface area contributed by atoms with Crippen LogP contribution >= 0.6 is 0 Å². The molecular formula is C21H30N4O3. The van der Waals surface area contributed by atoms with E-state index < -0.39 is 17.2 Å². The SMILES string of the molecule is Cc1nc2cc(C(=O)NC3(CNC(=O)OC(C)(C)C)CCCC3)ccc2n1C. The molecule has 0 atom stereocenters. The van der Waals surface area contributed by atoms with E-state index in [9.17, 15) is 9.59 Å². The number of benzene rings is 1. The van der Waals surface area contributed by atoms with Crippen LogP contribution in [0.25, 0.3) is 11.0 Å².